The van der Waals surface area contributed by atoms with Crippen LogP contribution in [-0.2, 0) is 0 Å². The molecule has 4 heteroatoms. The zero-order valence-electron chi connectivity index (χ0n) is 9.84. The van der Waals surface area contributed by atoms with Crippen molar-refractivity contribution in [3.8, 4) is 0 Å². The van der Waals surface area contributed by atoms with E-state index < -0.39 is 0 Å². The van der Waals surface area contributed by atoms with Crippen LogP contribution >= 0.6 is 32.9 Å². The molecule has 2 aromatic rings. The minimum absolute atomic E-state index is 0. The first-order valence-electron chi connectivity index (χ1n) is 5.34. The molecule has 2 nitrogen and oxygen atoms in total. The maximum atomic E-state index is 12.3. The molecule has 0 fully saturated rings. The molecule has 1 aromatic carbocycles. The molecule has 0 N–H and O–H groups in total. The molecule has 0 aliphatic heterocycles. The fourth-order valence-electron chi connectivity index (χ4n) is 1.67. The van der Waals surface area contributed by atoms with Gasteiger partial charge in [-0.25, -0.2) is 0 Å². The number of carbonyl (C=O) groups is 1. The molecule has 0 aliphatic carbocycles. The maximum Gasteiger partial charge on any atom is 0.181 e. The number of rotatable bonds is 3. The summed E-state index contributed by atoms with van der Waals surface area (Å²) in [6, 6.07) is 11.3. The first-order valence-corrected chi connectivity index (χ1v) is 6.25. The lowest BCUT2D eigenvalue weighted by Gasteiger charge is -2.10. The monoisotopic (exact) mass is 369 g/mol. The van der Waals surface area contributed by atoms with Crippen LogP contribution in [0.5, 0.6) is 0 Å². The predicted molar refractivity (Wildman–Crippen MR) is 81.7 cm³/mol. The van der Waals surface area contributed by atoms with Gasteiger partial charge in [0.05, 0.1) is 0 Å². The molecule has 0 bridgehead atoms. The molecule has 0 saturated heterocycles. The molecule has 1 aromatic heterocycles. The summed E-state index contributed by atoms with van der Waals surface area (Å²) in [4.78, 5) is 15.9. The van der Waals surface area contributed by atoms with Crippen molar-refractivity contribution in [3.05, 3.63) is 65.5 Å². The largest absolute Gasteiger partial charge is 0.293 e. The number of carbonyl (C=O) groups excluding carboxylic acids is 1. The van der Waals surface area contributed by atoms with Gasteiger partial charge in [-0.15, -0.1) is 17.0 Å². The zero-order valence-corrected chi connectivity index (χ0v) is 13.1. The molecule has 0 spiro atoms. The van der Waals surface area contributed by atoms with Gasteiger partial charge in [-0.3, -0.25) is 9.78 Å². The highest BCUT2D eigenvalue weighted by molar-refractivity contribution is 9.09. The average Bonchev–Trinajstić information content (AvgIpc) is 2.39. The predicted octanol–water partition coefficient (Wildman–Crippen LogP) is 4.29. The Morgan fingerprint density at radius 3 is 2.39 bits per heavy atom. The fourth-order valence-corrected chi connectivity index (χ4v) is 2.22. The van der Waals surface area contributed by atoms with E-state index in [-0.39, 0.29) is 27.6 Å². The number of benzene rings is 1. The Balaban J connectivity index is 0.00000162. The lowest BCUT2D eigenvalue weighted by molar-refractivity contribution is 0.0991. The van der Waals surface area contributed by atoms with Crippen LogP contribution in [0.2, 0.25) is 0 Å². The van der Waals surface area contributed by atoms with Crippen molar-refractivity contribution < 1.29 is 4.79 Å². The number of alkyl halides is 1. The molecule has 0 radical (unpaired) electrons. The lowest BCUT2D eigenvalue weighted by Crippen LogP contribution is -2.08. The van der Waals surface area contributed by atoms with Crippen molar-refractivity contribution in [3.63, 3.8) is 0 Å². The third-order valence-corrected chi connectivity index (χ3v) is 3.58. The molecular formula is C14H13Br2NO. The summed E-state index contributed by atoms with van der Waals surface area (Å²) >= 11 is 3.44. The highest BCUT2D eigenvalue weighted by Gasteiger charge is 2.19. The van der Waals surface area contributed by atoms with E-state index in [1.165, 1.54) is 0 Å². The van der Waals surface area contributed by atoms with Gasteiger partial charge in [0.25, 0.3) is 0 Å². The van der Waals surface area contributed by atoms with Crippen LogP contribution in [-0.4, -0.2) is 10.8 Å². The Bertz CT molecular complexity index is 528. The summed E-state index contributed by atoms with van der Waals surface area (Å²) < 4.78 is 0. The quantitative estimate of drug-likeness (QED) is 0.596. The van der Waals surface area contributed by atoms with Gasteiger partial charge < -0.3 is 0 Å². The van der Waals surface area contributed by atoms with Crippen LogP contribution in [0, 0.1) is 6.92 Å². The number of ketones is 1. The highest BCUT2D eigenvalue weighted by atomic mass is 79.9. The highest BCUT2D eigenvalue weighted by Crippen LogP contribution is 2.27. The minimum atomic E-state index is -0.313. The van der Waals surface area contributed by atoms with Crippen molar-refractivity contribution in [2.24, 2.45) is 0 Å². The normalized spacial score (nSPS) is 11.4. The Hall–Kier alpha value is -1.00. The summed E-state index contributed by atoms with van der Waals surface area (Å²) in [6.07, 6.45) is 3.38. The number of halogens is 2. The SMILES string of the molecule is Br.Cc1ccccc1C(=O)C(Br)c1ccncc1. The summed E-state index contributed by atoms with van der Waals surface area (Å²) in [5, 5.41) is 0. The topological polar surface area (TPSA) is 30.0 Å². The van der Waals surface area contributed by atoms with E-state index in [1.54, 1.807) is 12.4 Å². The second-order valence-corrected chi connectivity index (χ2v) is 4.74. The molecule has 1 atom stereocenters. The fraction of sp³-hybridized carbons (Fsp3) is 0.143. The zero-order chi connectivity index (χ0) is 12.3. The van der Waals surface area contributed by atoms with Crippen LogP contribution in [0.15, 0.2) is 48.8 Å². The van der Waals surface area contributed by atoms with Crippen LogP contribution < -0.4 is 0 Å². The average molecular weight is 371 g/mol. The number of aromatic nitrogens is 1. The molecule has 0 amide bonds. The van der Waals surface area contributed by atoms with E-state index >= 15 is 0 Å². The Kier molecular flexibility index (Phi) is 5.69. The molecule has 1 heterocycles. The Labute approximate surface area is 125 Å². The molecule has 94 valence electrons. The van der Waals surface area contributed by atoms with Crippen LogP contribution in [0.3, 0.4) is 0 Å². The molecular weight excluding hydrogens is 358 g/mol. The number of nitrogens with zero attached hydrogens (tertiary/aromatic N) is 1. The third-order valence-electron chi connectivity index (χ3n) is 2.64. The molecule has 2 rings (SSSR count). The molecule has 0 aliphatic rings. The van der Waals surface area contributed by atoms with Gasteiger partial charge in [0.15, 0.2) is 5.78 Å². The van der Waals surface area contributed by atoms with Crippen LogP contribution in [0.25, 0.3) is 0 Å². The summed E-state index contributed by atoms with van der Waals surface area (Å²) in [5.41, 5.74) is 2.68. The van der Waals surface area contributed by atoms with Crippen molar-refractivity contribution in [2.75, 3.05) is 0 Å². The van der Waals surface area contributed by atoms with E-state index in [2.05, 4.69) is 20.9 Å². The molecule has 1 unspecified atom stereocenters. The van der Waals surface area contributed by atoms with Crippen molar-refractivity contribution >= 4 is 38.7 Å². The number of Topliss-reactive ketones (excluding diaryl/α,β-unsaturated/α-hetero) is 1. The Morgan fingerprint density at radius 1 is 1.17 bits per heavy atom. The molecule has 0 saturated carbocycles. The van der Waals surface area contributed by atoms with Gasteiger partial charge >= 0.3 is 0 Å². The van der Waals surface area contributed by atoms with Gasteiger partial charge in [0.1, 0.15) is 4.83 Å². The third kappa shape index (κ3) is 3.27. The van der Waals surface area contributed by atoms with Gasteiger partial charge in [0.2, 0.25) is 0 Å². The Morgan fingerprint density at radius 2 is 1.78 bits per heavy atom. The van der Waals surface area contributed by atoms with Gasteiger partial charge in [-0.1, -0.05) is 40.2 Å². The van der Waals surface area contributed by atoms with E-state index in [0.29, 0.717) is 0 Å². The van der Waals surface area contributed by atoms with Crippen LogP contribution in [0.4, 0.5) is 0 Å². The number of aryl methyl sites for hydroxylation is 1. The number of pyridine rings is 1. The first kappa shape index (κ1) is 15.1. The molecule has 18 heavy (non-hydrogen) atoms. The van der Waals surface area contributed by atoms with Gasteiger partial charge in [-0.05, 0) is 30.2 Å². The van der Waals surface area contributed by atoms with Crippen molar-refractivity contribution in [1.29, 1.82) is 0 Å². The summed E-state index contributed by atoms with van der Waals surface area (Å²) in [6.45, 7) is 1.94. The summed E-state index contributed by atoms with van der Waals surface area (Å²) in [7, 11) is 0. The number of hydrogen-bond donors (Lipinski definition) is 0. The van der Waals surface area contributed by atoms with Gasteiger partial charge in [-0.2, -0.15) is 0 Å². The van der Waals surface area contributed by atoms with E-state index in [0.717, 1.165) is 16.7 Å². The summed E-state index contributed by atoms with van der Waals surface area (Å²) in [5.74, 6) is 0.0781. The van der Waals surface area contributed by atoms with Crippen LogP contribution in [0.1, 0.15) is 26.3 Å². The second kappa shape index (κ2) is 6.81. The van der Waals surface area contributed by atoms with Gasteiger partial charge in [0, 0.05) is 18.0 Å². The van der Waals surface area contributed by atoms with Crippen molar-refractivity contribution in [2.45, 2.75) is 11.8 Å². The second-order valence-electron chi connectivity index (χ2n) is 3.82. The number of hydrogen-bond acceptors (Lipinski definition) is 2. The van der Waals surface area contributed by atoms with E-state index in [4.69, 9.17) is 0 Å². The van der Waals surface area contributed by atoms with Crippen molar-refractivity contribution in [1.82, 2.24) is 4.98 Å². The lowest BCUT2D eigenvalue weighted by atomic mass is 10.00. The van der Waals surface area contributed by atoms with E-state index in [9.17, 15) is 4.79 Å². The van der Waals surface area contributed by atoms with E-state index in [1.807, 2.05) is 43.3 Å². The smallest absolute Gasteiger partial charge is 0.181 e. The minimum Gasteiger partial charge on any atom is -0.293 e. The maximum absolute atomic E-state index is 12.3. The standard InChI is InChI=1S/C14H12BrNO.BrH/c1-10-4-2-3-5-12(10)14(17)13(15)11-6-8-16-9-7-11;/h2-9,13H,1H3;1H. The first-order chi connectivity index (χ1) is 8.20.